The van der Waals surface area contributed by atoms with Gasteiger partial charge in [0.05, 0.1) is 17.4 Å². The maximum atomic E-state index is 12.9. The predicted octanol–water partition coefficient (Wildman–Crippen LogP) is 2.85. The lowest BCUT2D eigenvalue weighted by Crippen LogP contribution is -2.55. The van der Waals surface area contributed by atoms with Gasteiger partial charge in [-0.3, -0.25) is 4.79 Å². The number of alkyl halides is 1. The van der Waals surface area contributed by atoms with Gasteiger partial charge in [0.1, 0.15) is 4.88 Å². The number of hydrogen-bond acceptors (Lipinski definition) is 5. The van der Waals surface area contributed by atoms with Crippen molar-refractivity contribution in [3.63, 3.8) is 0 Å². The van der Waals surface area contributed by atoms with Gasteiger partial charge in [0.15, 0.2) is 0 Å². The van der Waals surface area contributed by atoms with E-state index < -0.39 is 0 Å². The molecule has 0 radical (unpaired) electrons. The van der Waals surface area contributed by atoms with Crippen molar-refractivity contribution in [3.05, 3.63) is 10.6 Å². The number of rotatable bonds is 2. The molecule has 0 aliphatic carbocycles. The summed E-state index contributed by atoms with van der Waals surface area (Å²) in [6.45, 7) is 11.3. The molecule has 1 fully saturated rings. The summed E-state index contributed by atoms with van der Waals surface area (Å²) in [7, 11) is 0. The van der Waals surface area contributed by atoms with Gasteiger partial charge in [0.25, 0.3) is 5.91 Å². The Morgan fingerprint density at radius 3 is 2.76 bits per heavy atom. The summed E-state index contributed by atoms with van der Waals surface area (Å²) in [5.74, 6) is 0.0113. The molecule has 0 aromatic carbocycles. The molecule has 1 aliphatic heterocycles. The van der Waals surface area contributed by atoms with Crippen molar-refractivity contribution in [2.75, 3.05) is 18.4 Å². The van der Waals surface area contributed by atoms with Crippen molar-refractivity contribution in [3.8, 4) is 0 Å². The monoisotopic (exact) mass is 375 g/mol. The highest BCUT2D eigenvalue weighted by Crippen LogP contribution is 2.29. The van der Waals surface area contributed by atoms with Gasteiger partial charge in [-0.15, -0.1) is 5.10 Å². The molecule has 1 atom stereocenters. The fourth-order valence-corrected chi connectivity index (χ4v) is 3.68. The Kier molecular flexibility index (Phi) is 4.75. The zero-order chi connectivity index (χ0) is 15.8. The molecule has 118 valence electrons. The first kappa shape index (κ1) is 16.8. The van der Waals surface area contributed by atoms with Crippen LogP contribution in [0.3, 0.4) is 0 Å². The fraction of sp³-hybridized carbons (Fsp3) is 0.786. The van der Waals surface area contributed by atoms with Crippen LogP contribution in [0.5, 0.6) is 0 Å². The number of ether oxygens (including phenoxy) is 1. The van der Waals surface area contributed by atoms with Crippen molar-refractivity contribution in [2.45, 2.75) is 51.7 Å². The molecule has 2 rings (SSSR count). The molecule has 21 heavy (non-hydrogen) atoms. The average molecular weight is 376 g/mol. The summed E-state index contributed by atoms with van der Waals surface area (Å²) in [4.78, 5) is 15.4. The molecule has 1 unspecified atom stereocenters. The molecule has 7 heteroatoms. The largest absolute Gasteiger partial charge is 0.368 e. The lowest BCUT2D eigenvalue weighted by atomic mass is 9.91. The molecule has 0 saturated carbocycles. The van der Waals surface area contributed by atoms with Crippen molar-refractivity contribution in [1.29, 1.82) is 0 Å². The predicted molar refractivity (Wildman–Crippen MR) is 87.3 cm³/mol. The Morgan fingerprint density at radius 2 is 2.19 bits per heavy atom. The Balaban J connectivity index is 2.26. The van der Waals surface area contributed by atoms with Crippen molar-refractivity contribution in [1.82, 2.24) is 14.5 Å². The number of amides is 1. The highest BCUT2D eigenvalue weighted by atomic mass is 79.9. The van der Waals surface area contributed by atoms with E-state index >= 15 is 0 Å². The molecule has 0 bridgehead atoms. The number of nitrogens with zero attached hydrogens (tertiary/aromatic N) is 3. The molecule has 5 nitrogen and oxygen atoms in total. The smallest absolute Gasteiger partial charge is 0.267 e. The SMILES string of the molecule is CC1(C)CN(C(=O)c2snnc2C(C)(C)C)CC(CBr)O1. The van der Waals surface area contributed by atoms with Crippen molar-refractivity contribution in [2.24, 2.45) is 0 Å². The summed E-state index contributed by atoms with van der Waals surface area (Å²) < 4.78 is 9.93. The second kappa shape index (κ2) is 5.93. The van der Waals surface area contributed by atoms with E-state index in [1.807, 2.05) is 39.5 Å². The first-order valence-electron chi connectivity index (χ1n) is 7.00. The number of hydrogen-bond donors (Lipinski definition) is 0. The van der Waals surface area contributed by atoms with Crippen LogP contribution in [0.2, 0.25) is 0 Å². The van der Waals surface area contributed by atoms with Gasteiger partial charge < -0.3 is 9.64 Å². The second-order valence-electron chi connectivity index (χ2n) is 7.04. The highest BCUT2D eigenvalue weighted by Gasteiger charge is 2.37. The zero-order valence-electron chi connectivity index (χ0n) is 13.1. The van der Waals surface area contributed by atoms with E-state index in [4.69, 9.17) is 4.74 Å². The number of morpholine rings is 1. The minimum atomic E-state index is -0.341. The summed E-state index contributed by atoms with van der Waals surface area (Å²) >= 11 is 4.63. The number of aromatic nitrogens is 2. The van der Waals surface area contributed by atoms with Crippen LogP contribution in [0.25, 0.3) is 0 Å². The fourth-order valence-electron chi connectivity index (χ4n) is 2.50. The van der Waals surface area contributed by atoms with Gasteiger partial charge in [-0.05, 0) is 25.4 Å². The number of carbonyl (C=O) groups excluding carboxylic acids is 1. The van der Waals surface area contributed by atoms with Crippen LogP contribution in [0.1, 0.15) is 50.0 Å². The van der Waals surface area contributed by atoms with Crippen LogP contribution in [0.4, 0.5) is 0 Å². The summed E-state index contributed by atoms with van der Waals surface area (Å²) in [6, 6.07) is 0. The molecular formula is C14H22BrN3O2S. The van der Waals surface area contributed by atoms with E-state index in [1.165, 1.54) is 11.5 Å². The third kappa shape index (κ3) is 3.81. The van der Waals surface area contributed by atoms with Crippen LogP contribution >= 0.6 is 27.5 Å². The highest BCUT2D eigenvalue weighted by molar-refractivity contribution is 9.09. The first-order chi connectivity index (χ1) is 9.64. The average Bonchev–Trinajstić information content (AvgIpc) is 2.84. The van der Waals surface area contributed by atoms with Gasteiger partial charge >= 0.3 is 0 Å². The molecule has 1 amide bonds. The third-order valence-electron chi connectivity index (χ3n) is 3.33. The van der Waals surface area contributed by atoms with Gasteiger partial charge in [-0.1, -0.05) is 41.2 Å². The zero-order valence-corrected chi connectivity index (χ0v) is 15.5. The molecular weight excluding hydrogens is 354 g/mol. The molecule has 1 aliphatic rings. The topological polar surface area (TPSA) is 55.3 Å². The number of carbonyl (C=O) groups is 1. The van der Waals surface area contributed by atoms with E-state index in [1.54, 1.807) is 0 Å². The van der Waals surface area contributed by atoms with Crippen molar-refractivity contribution < 1.29 is 9.53 Å². The minimum absolute atomic E-state index is 0.0108. The molecule has 1 aromatic rings. The Hall–Kier alpha value is -0.530. The lowest BCUT2D eigenvalue weighted by molar-refractivity contribution is -0.116. The normalized spacial score (nSPS) is 22.4. The van der Waals surface area contributed by atoms with Crippen LogP contribution < -0.4 is 0 Å². The maximum Gasteiger partial charge on any atom is 0.267 e. The van der Waals surface area contributed by atoms with E-state index in [2.05, 4.69) is 25.5 Å². The van der Waals surface area contributed by atoms with Crippen LogP contribution in [-0.4, -0.2) is 50.5 Å². The van der Waals surface area contributed by atoms with E-state index in [9.17, 15) is 4.79 Å². The quantitative estimate of drug-likeness (QED) is 0.745. The Morgan fingerprint density at radius 1 is 1.52 bits per heavy atom. The first-order valence-corrected chi connectivity index (χ1v) is 8.89. The van der Waals surface area contributed by atoms with Gasteiger partial charge in [-0.2, -0.15) is 0 Å². The maximum absolute atomic E-state index is 12.9. The number of halogens is 1. The van der Waals surface area contributed by atoms with E-state index in [0.29, 0.717) is 23.3 Å². The van der Waals surface area contributed by atoms with Gasteiger partial charge in [0.2, 0.25) is 0 Å². The standard InChI is InChI=1S/C14H22BrN3O2S/c1-13(2,3)11-10(21-17-16-11)12(19)18-7-9(6-15)20-14(4,5)8-18/h9H,6-8H2,1-5H3. The van der Waals surface area contributed by atoms with Crippen molar-refractivity contribution >= 4 is 33.4 Å². The molecule has 0 N–H and O–H groups in total. The second-order valence-corrected chi connectivity index (χ2v) is 8.44. The van der Waals surface area contributed by atoms with Crippen LogP contribution in [-0.2, 0) is 10.2 Å². The molecule has 1 saturated heterocycles. The summed E-state index contributed by atoms with van der Waals surface area (Å²) in [5.41, 5.74) is 0.248. The Bertz CT molecular complexity index is 525. The Labute approximate surface area is 138 Å². The lowest BCUT2D eigenvalue weighted by Gasteiger charge is -2.42. The minimum Gasteiger partial charge on any atom is -0.368 e. The molecule has 0 spiro atoms. The van der Waals surface area contributed by atoms with E-state index in [-0.39, 0.29) is 23.0 Å². The van der Waals surface area contributed by atoms with Crippen LogP contribution in [0.15, 0.2) is 0 Å². The van der Waals surface area contributed by atoms with Crippen LogP contribution in [0, 0.1) is 0 Å². The van der Waals surface area contributed by atoms with Gasteiger partial charge in [0, 0.05) is 23.8 Å². The molecule has 1 aromatic heterocycles. The van der Waals surface area contributed by atoms with Gasteiger partial charge in [-0.25, -0.2) is 0 Å². The van der Waals surface area contributed by atoms with E-state index in [0.717, 1.165) is 5.69 Å². The third-order valence-corrected chi connectivity index (χ3v) is 4.77. The summed E-state index contributed by atoms with van der Waals surface area (Å²) in [6.07, 6.45) is 0.0108. The summed E-state index contributed by atoms with van der Waals surface area (Å²) in [5, 5.41) is 4.87. The molecule has 2 heterocycles.